The van der Waals surface area contributed by atoms with E-state index in [0.29, 0.717) is 6.54 Å². The van der Waals surface area contributed by atoms with Crippen LogP contribution in [0.3, 0.4) is 0 Å². The number of nitrogens with one attached hydrogen (secondary N) is 2. The van der Waals surface area contributed by atoms with Gasteiger partial charge in [-0.25, -0.2) is 13.1 Å². The normalized spacial score (nSPS) is 11.4. The Kier molecular flexibility index (Phi) is 5.88. The van der Waals surface area contributed by atoms with Gasteiger partial charge < -0.3 is 10.1 Å². The number of halogens is 1. The number of ether oxygens (including phenoxy) is 1. The number of carbonyl (C=O) groups is 1. The van der Waals surface area contributed by atoms with Gasteiger partial charge in [-0.1, -0.05) is 29.8 Å². The van der Waals surface area contributed by atoms with Gasteiger partial charge in [-0.2, -0.15) is 0 Å². The number of fused-ring (bicyclic) bond motifs is 1. The quantitative estimate of drug-likeness (QED) is 0.643. The highest BCUT2D eigenvalue weighted by atomic mass is 35.5. The second-order valence-corrected chi connectivity index (χ2v) is 8.35. The molecule has 0 radical (unpaired) electrons. The van der Waals surface area contributed by atoms with Crippen LogP contribution in [-0.2, 0) is 16.6 Å². The summed E-state index contributed by atoms with van der Waals surface area (Å²) in [6.07, 6.45) is 0. The molecule has 0 aliphatic carbocycles. The first-order valence-electron chi connectivity index (χ1n) is 8.42. The predicted octanol–water partition coefficient (Wildman–Crippen LogP) is 3.34. The lowest BCUT2D eigenvalue weighted by molar-refractivity contribution is 0.0950. The Labute approximate surface area is 168 Å². The SMILES string of the molecule is CNS(=O)(=O)c1cc(C(=O)NCc2ccc3cc(OC)ccc3c2)ccc1Cl. The molecule has 0 aliphatic rings. The van der Waals surface area contributed by atoms with Crippen molar-refractivity contribution in [2.45, 2.75) is 11.4 Å². The molecule has 0 heterocycles. The van der Waals surface area contributed by atoms with E-state index in [-0.39, 0.29) is 21.4 Å². The van der Waals surface area contributed by atoms with Gasteiger partial charge in [0.1, 0.15) is 10.6 Å². The monoisotopic (exact) mass is 418 g/mol. The molecule has 0 spiro atoms. The summed E-state index contributed by atoms with van der Waals surface area (Å²) in [7, 11) is -0.849. The van der Waals surface area contributed by atoms with Crippen LogP contribution >= 0.6 is 11.6 Å². The third-order valence-electron chi connectivity index (χ3n) is 4.32. The van der Waals surface area contributed by atoms with Crippen molar-refractivity contribution >= 4 is 38.3 Å². The number of rotatable bonds is 6. The molecule has 3 aromatic rings. The summed E-state index contributed by atoms with van der Waals surface area (Å²) in [6, 6.07) is 15.8. The lowest BCUT2D eigenvalue weighted by Crippen LogP contribution is -2.24. The van der Waals surface area contributed by atoms with Crippen molar-refractivity contribution in [2.24, 2.45) is 0 Å². The standard InChI is InChI=1S/C20H19ClN2O4S/c1-22-28(25,26)19-11-16(6-8-18(19)21)20(24)23-12-13-3-4-15-10-17(27-2)7-5-14(15)9-13/h3-11,22H,12H2,1-2H3,(H,23,24). The van der Waals surface area contributed by atoms with E-state index in [1.807, 2.05) is 36.4 Å². The van der Waals surface area contributed by atoms with Crippen molar-refractivity contribution in [3.05, 3.63) is 70.7 Å². The van der Waals surface area contributed by atoms with Crippen molar-refractivity contribution < 1.29 is 17.9 Å². The fourth-order valence-corrected chi connectivity index (χ4v) is 4.00. The van der Waals surface area contributed by atoms with Gasteiger partial charge in [0.05, 0.1) is 12.1 Å². The van der Waals surface area contributed by atoms with Crippen LogP contribution in [0.4, 0.5) is 0 Å². The average molecular weight is 419 g/mol. The van der Waals surface area contributed by atoms with E-state index in [4.69, 9.17) is 16.3 Å². The van der Waals surface area contributed by atoms with Gasteiger partial charge in [-0.15, -0.1) is 0 Å². The van der Waals surface area contributed by atoms with Crippen LogP contribution in [0, 0.1) is 0 Å². The second-order valence-electron chi connectivity index (χ2n) is 6.08. The molecule has 6 nitrogen and oxygen atoms in total. The number of hydrogen-bond donors (Lipinski definition) is 2. The number of sulfonamides is 1. The molecule has 0 aliphatic heterocycles. The van der Waals surface area contributed by atoms with E-state index in [1.165, 1.54) is 25.2 Å². The highest BCUT2D eigenvalue weighted by Gasteiger charge is 2.18. The molecule has 0 fully saturated rings. The maximum Gasteiger partial charge on any atom is 0.251 e. The predicted molar refractivity (Wildman–Crippen MR) is 109 cm³/mol. The van der Waals surface area contributed by atoms with Crippen LogP contribution in [0.25, 0.3) is 10.8 Å². The minimum absolute atomic E-state index is 0.0517. The summed E-state index contributed by atoms with van der Waals surface area (Å²) < 4.78 is 31.4. The van der Waals surface area contributed by atoms with Crippen molar-refractivity contribution in [1.82, 2.24) is 10.0 Å². The molecule has 0 saturated heterocycles. The van der Waals surface area contributed by atoms with Gasteiger partial charge in [0.15, 0.2) is 0 Å². The van der Waals surface area contributed by atoms with Gasteiger partial charge >= 0.3 is 0 Å². The fourth-order valence-electron chi connectivity index (χ4n) is 2.76. The van der Waals surface area contributed by atoms with E-state index in [9.17, 15) is 13.2 Å². The molecule has 8 heteroatoms. The molecule has 0 aromatic heterocycles. The van der Waals surface area contributed by atoms with Crippen molar-refractivity contribution in [1.29, 1.82) is 0 Å². The highest BCUT2D eigenvalue weighted by Crippen LogP contribution is 2.23. The summed E-state index contributed by atoms with van der Waals surface area (Å²) in [5.74, 6) is 0.391. The molecule has 0 unspecified atom stereocenters. The largest absolute Gasteiger partial charge is 0.497 e. The maximum atomic E-state index is 12.5. The molecule has 0 atom stereocenters. The fraction of sp³-hybridized carbons (Fsp3) is 0.150. The first-order chi connectivity index (χ1) is 13.3. The number of benzene rings is 3. The van der Waals surface area contributed by atoms with Crippen LogP contribution < -0.4 is 14.8 Å². The Bertz CT molecular complexity index is 1150. The minimum Gasteiger partial charge on any atom is -0.497 e. The van der Waals surface area contributed by atoms with Crippen molar-refractivity contribution in [2.75, 3.05) is 14.2 Å². The first-order valence-corrected chi connectivity index (χ1v) is 10.3. The van der Waals surface area contributed by atoms with Crippen LogP contribution in [0.5, 0.6) is 5.75 Å². The van der Waals surface area contributed by atoms with Gasteiger partial charge in [-0.3, -0.25) is 4.79 Å². The Morgan fingerprint density at radius 2 is 1.75 bits per heavy atom. The van der Waals surface area contributed by atoms with Gasteiger partial charge in [0, 0.05) is 12.1 Å². The van der Waals surface area contributed by atoms with E-state index in [2.05, 4.69) is 10.0 Å². The Morgan fingerprint density at radius 1 is 1.04 bits per heavy atom. The third-order valence-corrected chi connectivity index (χ3v) is 6.21. The van der Waals surface area contributed by atoms with Gasteiger partial charge in [-0.05, 0) is 59.8 Å². The molecule has 1 amide bonds. The van der Waals surface area contributed by atoms with E-state index in [0.717, 1.165) is 22.1 Å². The van der Waals surface area contributed by atoms with Crippen LogP contribution in [0.2, 0.25) is 5.02 Å². The van der Waals surface area contributed by atoms with Crippen molar-refractivity contribution in [3.63, 3.8) is 0 Å². The summed E-state index contributed by atoms with van der Waals surface area (Å²) in [4.78, 5) is 12.3. The first kappa shape index (κ1) is 20.1. The van der Waals surface area contributed by atoms with Crippen LogP contribution in [0.1, 0.15) is 15.9 Å². The van der Waals surface area contributed by atoms with E-state index >= 15 is 0 Å². The maximum absolute atomic E-state index is 12.5. The summed E-state index contributed by atoms with van der Waals surface area (Å²) >= 11 is 5.95. The van der Waals surface area contributed by atoms with Gasteiger partial charge in [0.2, 0.25) is 10.0 Å². The van der Waals surface area contributed by atoms with Gasteiger partial charge in [0.25, 0.3) is 5.91 Å². The zero-order valence-electron chi connectivity index (χ0n) is 15.3. The number of methoxy groups -OCH3 is 1. The van der Waals surface area contributed by atoms with Crippen LogP contribution in [-0.4, -0.2) is 28.5 Å². The molecular formula is C20H19ClN2O4S. The molecule has 146 valence electrons. The molecule has 3 rings (SSSR count). The Morgan fingerprint density at radius 3 is 2.46 bits per heavy atom. The smallest absolute Gasteiger partial charge is 0.251 e. The molecular weight excluding hydrogens is 400 g/mol. The number of carbonyl (C=O) groups excluding carboxylic acids is 1. The zero-order chi connectivity index (χ0) is 20.3. The lowest BCUT2D eigenvalue weighted by atomic mass is 10.1. The Balaban J connectivity index is 1.77. The number of amides is 1. The zero-order valence-corrected chi connectivity index (χ0v) is 16.9. The molecule has 0 saturated carbocycles. The molecule has 3 aromatic carbocycles. The summed E-state index contributed by atoms with van der Waals surface area (Å²) in [5.41, 5.74) is 1.13. The molecule has 28 heavy (non-hydrogen) atoms. The molecule has 2 N–H and O–H groups in total. The minimum atomic E-state index is -3.75. The summed E-state index contributed by atoms with van der Waals surface area (Å²) in [5, 5.41) is 4.91. The Hall–Kier alpha value is -2.61. The highest BCUT2D eigenvalue weighted by molar-refractivity contribution is 7.89. The lowest BCUT2D eigenvalue weighted by Gasteiger charge is -2.10. The van der Waals surface area contributed by atoms with E-state index in [1.54, 1.807) is 7.11 Å². The van der Waals surface area contributed by atoms with E-state index < -0.39 is 10.0 Å². The van der Waals surface area contributed by atoms with Crippen LogP contribution in [0.15, 0.2) is 59.5 Å². The van der Waals surface area contributed by atoms with Crippen molar-refractivity contribution in [3.8, 4) is 5.75 Å². The third kappa shape index (κ3) is 4.27. The topological polar surface area (TPSA) is 84.5 Å². The number of hydrogen-bond acceptors (Lipinski definition) is 4. The second kappa shape index (κ2) is 8.18. The average Bonchev–Trinajstić information content (AvgIpc) is 2.71. The summed E-state index contributed by atoms with van der Waals surface area (Å²) in [6.45, 7) is 0.303. The molecule has 0 bridgehead atoms.